The molecule has 28 heavy (non-hydrogen) atoms. The van der Waals surface area contributed by atoms with Crippen LogP contribution in [0.5, 0.6) is 5.75 Å². The normalized spacial score (nSPS) is 19.0. The van der Waals surface area contributed by atoms with Crippen LogP contribution in [0.4, 0.5) is 5.69 Å². The molecule has 0 radical (unpaired) electrons. The van der Waals surface area contributed by atoms with Crippen molar-refractivity contribution in [1.82, 2.24) is 14.8 Å². The first-order valence-corrected chi connectivity index (χ1v) is 10.9. The lowest BCUT2D eigenvalue weighted by molar-refractivity contribution is -0.113. The van der Waals surface area contributed by atoms with Crippen molar-refractivity contribution in [3.63, 3.8) is 0 Å². The number of para-hydroxylation sites is 2. The summed E-state index contributed by atoms with van der Waals surface area (Å²) < 4.78 is 13.5. The molecule has 1 aliphatic carbocycles. The molecule has 1 saturated carbocycles. The number of hydrogen-bond donors (Lipinski definition) is 1. The first-order valence-electron chi connectivity index (χ1n) is 9.93. The topological polar surface area (TPSA) is 78.3 Å². The van der Waals surface area contributed by atoms with Crippen LogP contribution < -0.4 is 10.1 Å². The van der Waals surface area contributed by atoms with Gasteiger partial charge in [-0.25, -0.2) is 0 Å². The van der Waals surface area contributed by atoms with Gasteiger partial charge < -0.3 is 19.4 Å². The van der Waals surface area contributed by atoms with Gasteiger partial charge >= 0.3 is 0 Å². The molecule has 1 unspecified atom stereocenters. The standard InChI is InChI=1S/C20H26N4O3S/c1-2-26-17-8-4-3-7-16(17)21-18(25)13-28-20-23-22-19(14-9-10-14)24(20)12-15-6-5-11-27-15/h3-4,7-8,14-15H,2,5-6,9-13H2,1H3,(H,21,25). The van der Waals surface area contributed by atoms with Crippen molar-refractivity contribution in [2.45, 2.75) is 56.3 Å². The van der Waals surface area contributed by atoms with Crippen molar-refractivity contribution in [3.05, 3.63) is 30.1 Å². The fraction of sp³-hybridized carbons (Fsp3) is 0.550. The van der Waals surface area contributed by atoms with Gasteiger partial charge in [0, 0.05) is 12.5 Å². The predicted octanol–water partition coefficient (Wildman–Crippen LogP) is 3.46. The van der Waals surface area contributed by atoms with Gasteiger partial charge in [-0.05, 0) is 44.7 Å². The molecule has 2 aliphatic rings. The first-order chi connectivity index (χ1) is 13.7. The Balaban J connectivity index is 1.39. The van der Waals surface area contributed by atoms with Gasteiger partial charge in [-0.15, -0.1) is 10.2 Å². The highest BCUT2D eigenvalue weighted by Crippen LogP contribution is 2.40. The summed E-state index contributed by atoms with van der Waals surface area (Å²) in [7, 11) is 0. The monoisotopic (exact) mass is 402 g/mol. The van der Waals surface area contributed by atoms with E-state index in [-0.39, 0.29) is 17.8 Å². The minimum atomic E-state index is -0.0863. The van der Waals surface area contributed by atoms with Crippen LogP contribution in [0.1, 0.15) is 44.3 Å². The molecule has 1 amide bonds. The van der Waals surface area contributed by atoms with E-state index in [2.05, 4.69) is 20.1 Å². The molecule has 2 fully saturated rings. The molecule has 0 bridgehead atoms. The van der Waals surface area contributed by atoms with Gasteiger partial charge in [0.25, 0.3) is 0 Å². The number of benzene rings is 1. The molecule has 1 aliphatic heterocycles. The van der Waals surface area contributed by atoms with Crippen LogP contribution in [0.15, 0.2) is 29.4 Å². The molecular weight excluding hydrogens is 376 g/mol. The minimum absolute atomic E-state index is 0.0863. The number of carbonyl (C=O) groups excluding carboxylic acids is 1. The Hall–Kier alpha value is -2.06. The third kappa shape index (κ3) is 4.67. The number of anilines is 1. The molecule has 4 rings (SSSR count). The van der Waals surface area contributed by atoms with E-state index in [1.165, 1.54) is 24.6 Å². The van der Waals surface area contributed by atoms with E-state index in [0.717, 1.165) is 37.0 Å². The molecule has 2 heterocycles. The molecule has 2 aromatic rings. The number of amides is 1. The van der Waals surface area contributed by atoms with Crippen molar-refractivity contribution < 1.29 is 14.3 Å². The molecule has 8 heteroatoms. The van der Waals surface area contributed by atoms with Gasteiger partial charge in [0.2, 0.25) is 5.91 Å². The lowest BCUT2D eigenvalue weighted by atomic mass is 10.2. The number of rotatable bonds is 9. The van der Waals surface area contributed by atoms with Crippen molar-refractivity contribution >= 4 is 23.4 Å². The highest BCUT2D eigenvalue weighted by atomic mass is 32.2. The van der Waals surface area contributed by atoms with Gasteiger partial charge in [0.15, 0.2) is 5.16 Å². The van der Waals surface area contributed by atoms with E-state index >= 15 is 0 Å². The summed E-state index contributed by atoms with van der Waals surface area (Å²) >= 11 is 1.42. The Morgan fingerprint density at radius 3 is 2.93 bits per heavy atom. The molecule has 7 nitrogen and oxygen atoms in total. The number of aromatic nitrogens is 3. The lowest BCUT2D eigenvalue weighted by Crippen LogP contribution is -2.19. The smallest absolute Gasteiger partial charge is 0.234 e. The highest BCUT2D eigenvalue weighted by Gasteiger charge is 2.32. The zero-order valence-corrected chi connectivity index (χ0v) is 16.9. The summed E-state index contributed by atoms with van der Waals surface area (Å²) in [4.78, 5) is 12.5. The van der Waals surface area contributed by atoms with Crippen LogP contribution in [0.2, 0.25) is 0 Å². The van der Waals surface area contributed by atoms with Gasteiger partial charge in [0.1, 0.15) is 11.6 Å². The number of carbonyl (C=O) groups is 1. The number of ether oxygens (including phenoxy) is 2. The van der Waals surface area contributed by atoms with Gasteiger partial charge in [-0.1, -0.05) is 23.9 Å². The Morgan fingerprint density at radius 1 is 1.32 bits per heavy atom. The van der Waals surface area contributed by atoms with E-state index < -0.39 is 0 Å². The highest BCUT2D eigenvalue weighted by molar-refractivity contribution is 7.99. The zero-order chi connectivity index (χ0) is 19.3. The second-order valence-electron chi connectivity index (χ2n) is 7.13. The van der Waals surface area contributed by atoms with Crippen LogP contribution >= 0.6 is 11.8 Å². The molecular formula is C20H26N4O3S. The average Bonchev–Trinajstić information content (AvgIpc) is 3.26. The average molecular weight is 403 g/mol. The van der Waals surface area contributed by atoms with E-state index in [1.807, 2.05) is 31.2 Å². The van der Waals surface area contributed by atoms with Crippen LogP contribution in [0, 0.1) is 0 Å². The van der Waals surface area contributed by atoms with E-state index in [1.54, 1.807) is 0 Å². The van der Waals surface area contributed by atoms with E-state index in [9.17, 15) is 4.79 Å². The summed E-state index contributed by atoms with van der Waals surface area (Å²) in [6.07, 6.45) is 4.74. The summed E-state index contributed by atoms with van der Waals surface area (Å²) in [5, 5.41) is 12.5. The molecule has 1 aromatic carbocycles. The van der Waals surface area contributed by atoms with Gasteiger partial charge in [0.05, 0.1) is 30.7 Å². The first kappa shape index (κ1) is 19.3. The molecule has 1 N–H and O–H groups in total. The number of thioether (sulfide) groups is 1. The maximum absolute atomic E-state index is 12.5. The minimum Gasteiger partial charge on any atom is -0.492 e. The number of nitrogens with zero attached hydrogens (tertiary/aromatic N) is 3. The predicted molar refractivity (Wildman–Crippen MR) is 108 cm³/mol. The fourth-order valence-corrected chi connectivity index (χ4v) is 4.14. The zero-order valence-electron chi connectivity index (χ0n) is 16.1. The van der Waals surface area contributed by atoms with Crippen molar-refractivity contribution in [2.24, 2.45) is 0 Å². The third-order valence-corrected chi connectivity index (χ3v) is 5.86. The summed E-state index contributed by atoms with van der Waals surface area (Å²) in [6, 6.07) is 7.47. The molecule has 150 valence electrons. The summed E-state index contributed by atoms with van der Waals surface area (Å²) in [6.45, 7) is 4.08. The van der Waals surface area contributed by atoms with Crippen LogP contribution in [-0.4, -0.2) is 45.7 Å². The molecule has 1 atom stereocenters. The van der Waals surface area contributed by atoms with Crippen LogP contribution in [0.3, 0.4) is 0 Å². The Morgan fingerprint density at radius 2 is 2.18 bits per heavy atom. The quantitative estimate of drug-likeness (QED) is 0.647. The van der Waals surface area contributed by atoms with Crippen LogP contribution in [0.25, 0.3) is 0 Å². The van der Waals surface area contributed by atoms with Crippen molar-refractivity contribution in [1.29, 1.82) is 0 Å². The van der Waals surface area contributed by atoms with E-state index in [4.69, 9.17) is 9.47 Å². The molecule has 1 aromatic heterocycles. The number of nitrogens with one attached hydrogen (secondary N) is 1. The van der Waals surface area contributed by atoms with Crippen molar-refractivity contribution in [3.8, 4) is 5.75 Å². The summed E-state index contributed by atoms with van der Waals surface area (Å²) in [5.74, 6) is 2.42. The van der Waals surface area contributed by atoms with Gasteiger partial charge in [-0.2, -0.15) is 0 Å². The lowest BCUT2D eigenvalue weighted by Gasteiger charge is -2.14. The van der Waals surface area contributed by atoms with Crippen LogP contribution in [-0.2, 0) is 16.1 Å². The second kappa shape index (κ2) is 8.96. The van der Waals surface area contributed by atoms with E-state index in [0.29, 0.717) is 24.0 Å². The fourth-order valence-electron chi connectivity index (χ4n) is 3.38. The maximum Gasteiger partial charge on any atom is 0.234 e. The Kier molecular flexibility index (Phi) is 6.17. The summed E-state index contributed by atoms with van der Waals surface area (Å²) in [5.41, 5.74) is 0.689. The molecule has 1 saturated heterocycles. The Bertz CT molecular complexity index is 816. The van der Waals surface area contributed by atoms with Gasteiger partial charge in [-0.3, -0.25) is 4.79 Å². The third-order valence-electron chi connectivity index (χ3n) is 4.89. The van der Waals surface area contributed by atoms with Crippen molar-refractivity contribution in [2.75, 3.05) is 24.3 Å². The molecule has 0 spiro atoms. The SMILES string of the molecule is CCOc1ccccc1NC(=O)CSc1nnc(C2CC2)n1CC1CCCO1. The Labute approximate surface area is 169 Å². The maximum atomic E-state index is 12.5. The second-order valence-corrected chi connectivity index (χ2v) is 8.07. The largest absolute Gasteiger partial charge is 0.492 e. The number of hydrogen-bond acceptors (Lipinski definition) is 6.